The summed E-state index contributed by atoms with van der Waals surface area (Å²) in [4.78, 5) is 15.3. The molecule has 0 saturated heterocycles. The molecule has 1 aromatic heterocycles. The Balaban J connectivity index is 1.79. The average Bonchev–Trinajstić information content (AvgIpc) is 3.00. The van der Waals surface area contributed by atoms with Crippen LogP contribution in [0.2, 0.25) is 0 Å². The zero-order valence-corrected chi connectivity index (χ0v) is 11.3. The number of thiophene rings is 1. The van der Waals surface area contributed by atoms with Gasteiger partial charge in [0.15, 0.2) is 0 Å². The molecule has 1 amide bonds. The molecule has 0 aromatic carbocycles. The van der Waals surface area contributed by atoms with E-state index in [2.05, 4.69) is 30.6 Å². The SMILES string of the molecule is CCN(C(=O)CN[C@@H](C)c1cccs1)C1CC1. The van der Waals surface area contributed by atoms with Crippen LogP contribution in [0.25, 0.3) is 0 Å². The topological polar surface area (TPSA) is 32.3 Å². The van der Waals surface area contributed by atoms with E-state index in [9.17, 15) is 4.79 Å². The Bertz CT molecular complexity index is 360. The van der Waals surface area contributed by atoms with Crippen molar-refractivity contribution < 1.29 is 4.79 Å². The molecule has 0 bridgehead atoms. The molecule has 2 rings (SSSR count). The second kappa shape index (κ2) is 5.65. The Hall–Kier alpha value is -0.870. The molecule has 1 heterocycles. The van der Waals surface area contributed by atoms with E-state index in [1.807, 2.05) is 11.0 Å². The molecule has 0 unspecified atom stereocenters. The van der Waals surface area contributed by atoms with Crippen molar-refractivity contribution in [3.05, 3.63) is 22.4 Å². The summed E-state index contributed by atoms with van der Waals surface area (Å²) in [6.07, 6.45) is 2.36. The quantitative estimate of drug-likeness (QED) is 0.843. The highest BCUT2D eigenvalue weighted by molar-refractivity contribution is 7.10. The summed E-state index contributed by atoms with van der Waals surface area (Å²) in [5.41, 5.74) is 0. The van der Waals surface area contributed by atoms with Crippen LogP contribution < -0.4 is 5.32 Å². The van der Waals surface area contributed by atoms with Crippen molar-refractivity contribution in [3.63, 3.8) is 0 Å². The average molecular weight is 252 g/mol. The first kappa shape index (κ1) is 12.6. The molecule has 1 aromatic rings. The van der Waals surface area contributed by atoms with E-state index in [1.54, 1.807) is 11.3 Å². The van der Waals surface area contributed by atoms with Crippen LogP contribution in [0.5, 0.6) is 0 Å². The maximum atomic E-state index is 12.0. The van der Waals surface area contributed by atoms with Crippen LogP contribution in [0.3, 0.4) is 0 Å². The van der Waals surface area contributed by atoms with Gasteiger partial charge in [-0.2, -0.15) is 0 Å². The van der Waals surface area contributed by atoms with Gasteiger partial charge in [-0.15, -0.1) is 11.3 Å². The van der Waals surface area contributed by atoms with Crippen molar-refractivity contribution in [2.75, 3.05) is 13.1 Å². The van der Waals surface area contributed by atoms with E-state index in [-0.39, 0.29) is 11.9 Å². The fraction of sp³-hybridized carbons (Fsp3) is 0.615. The van der Waals surface area contributed by atoms with Gasteiger partial charge in [0.25, 0.3) is 0 Å². The van der Waals surface area contributed by atoms with Crippen LogP contribution in [-0.2, 0) is 4.79 Å². The van der Waals surface area contributed by atoms with E-state index in [0.717, 1.165) is 6.54 Å². The fourth-order valence-electron chi connectivity index (χ4n) is 2.00. The molecule has 0 radical (unpaired) electrons. The summed E-state index contributed by atoms with van der Waals surface area (Å²) >= 11 is 1.73. The molecule has 4 heteroatoms. The molecule has 94 valence electrons. The largest absolute Gasteiger partial charge is 0.339 e. The predicted octanol–water partition coefficient (Wildman–Crippen LogP) is 2.41. The molecule has 3 nitrogen and oxygen atoms in total. The summed E-state index contributed by atoms with van der Waals surface area (Å²) in [5, 5.41) is 5.37. The Labute approximate surface area is 107 Å². The number of rotatable bonds is 6. The smallest absolute Gasteiger partial charge is 0.236 e. The normalized spacial score (nSPS) is 16.8. The molecule has 17 heavy (non-hydrogen) atoms. The molecule has 1 atom stereocenters. The van der Waals surface area contributed by atoms with Crippen LogP contribution in [0.15, 0.2) is 17.5 Å². The van der Waals surface area contributed by atoms with Gasteiger partial charge in [-0.3, -0.25) is 4.79 Å². The Morgan fingerprint density at radius 1 is 1.65 bits per heavy atom. The van der Waals surface area contributed by atoms with Crippen molar-refractivity contribution >= 4 is 17.2 Å². The number of hydrogen-bond acceptors (Lipinski definition) is 3. The molecule has 1 N–H and O–H groups in total. The van der Waals surface area contributed by atoms with Crippen LogP contribution in [0, 0.1) is 0 Å². The van der Waals surface area contributed by atoms with Gasteiger partial charge in [0.1, 0.15) is 0 Å². The van der Waals surface area contributed by atoms with Gasteiger partial charge >= 0.3 is 0 Å². The van der Waals surface area contributed by atoms with Gasteiger partial charge in [0.05, 0.1) is 6.54 Å². The van der Waals surface area contributed by atoms with Gasteiger partial charge in [0.2, 0.25) is 5.91 Å². The first-order valence-corrected chi connectivity index (χ1v) is 7.16. The van der Waals surface area contributed by atoms with E-state index in [0.29, 0.717) is 12.6 Å². The zero-order valence-electron chi connectivity index (χ0n) is 10.5. The molecule has 1 saturated carbocycles. The third-order valence-corrected chi connectivity index (χ3v) is 4.23. The highest BCUT2D eigenvalue weighted by Gasteiger charge is 2.31. The lowest BCUT2D eigenvalue weighted by Crippen LogP contribution is -2.40. The standard InChI is InChI=1S/C13H20N2OS/c1-3-15(11-6-7-11)13(16)9-14-10(2)12-5-4-8-17-12/h4-5,8,10-11,14H,3,6-7,9H2,1-2H3/t10-/m0/s1. The third-order valence-electron chi connectivity index (χ3n) is 3.18. The van der Waals surface area contributed by atoms with Gasteiger partial charge in [-0.1, -0.05) is 6.07 Å². The summed E-state index contributed by atoms with van der Waals surface area (Å²) in [6, 6.07) is 4.93. The fourth-order valence-corrected chi connectivity index (χ4v) is 2.76. The van der Waals surface area contributed by atoms with Crippen molar-refractivity contribution in [2.45, 2.75) is 38.8 Å². The van der Waals surface area contributed by atoms with Crippen molar-refractivity contribution in [1.82, 2.24) is 10.2 Å². The van der Waals surface area contributed by atoms with Crippen molar-refractivity contribution in [2.24, 2.45) is 0 Å². The second-order valence-electron chi connectivity index (χ2n) is 4.53. The van der Waals surface area contributed by atoms with Crippen LogP contribution in [-0.4, -0.2) is 29.9 Å². The Morgan fingerprint density at radius 3 is 2.94 bits per heavy atom. The number of nitrogens with zero attached hydrogens (tertiary/aromatic N) is 1. The molecule has 0 aliphatic heterocycles. The number of carbonyl (C=O) groups excluding carboxylic acids is 1. The van der Waals surface area contributed by atoms with E-state index >= 15 is 0 Å². The van der Waals surface area contributed by atoms with E-state index in [1.165, 1.54) is 17.7 Å². The van der Waals surface area contributed by atoms with E-state index in [4.69, 9.17) is 0 Å². The van der Waals surface area contributed by atoms with E-state index < -0.39 is 0 Å². The number of hydrogen-bond donors (Lipinski definition) is 1. The van der Waals surface area contributed by atoms with Crippen molar-refractivity contribution in [3.8, 4) is 0 Å². The second-order valence-corrected chi connectivity index (χ2v) is 5.51. The maximum Gasteiger partial charge on any atom is 0.236 e. The minimum Gasteiger partial charge on any atom is -0.339 e. The van der Waals surface area contributed by atoms with Crippen LogP contribution in [0.1, 0.15) is 37.6 Å². The highest BCUT2D eigenvalue weighted by Crippen LogP contribution is 2.26. The number of nitrogens with one attached hydrogen (secondary N) is 1. The molecule has 1 aliphatic carbocycles. The lowest BCUT2D eigenvalue weighted by molar-refractivity contribution is -0.130. The first-order valence-electron chi connectivity index (χ1n) is 6.28. The summed E-state index contributed by atoms with van der Waals surface area (Å²) < 4.78 is 0. The number of amides is 1. The summed E-state index contributed by atoms with van der Waals surface area (Å²) in [6.45, 7) is 5.44. The molecule has 1 fully saturated rings. The van der Waals surface area contributed by atoms with Crippen LogP contribution >= 0.6 is 11.3 Å². The van der Waals surface area contributed by atoms with Gasteiger partial charge < -0.3 is 10.2 Å². The lowest BCUT2D eigenvalue weighted by atomic mass is 10.2. The van der Waals surface area contributed by atoms with Crippen molar-refractivity contribution in [1.29, 1.82) is 0 Å². The van der Waals surface area contributed by atoms with Gasteiger partial charge in [0, 0.05) is 23.5 Å². The zero-order chi connectivity index (χ0) is 12.3. The lowest BCUT2D eigenvalue weighted by Gasteiger charge is -2.21. The molecule has 0 spiro atoms. The third kappa shape index (κ3) is 3.30. The number of carbonyl (C=O) groups is 1. The minimum absolute atomic E-state index is 0.235. The number of likely N-dealkylation sites (N-methyl/N-ethyl adjacent to an activating group) is 1. The summed E-state index contributed by atoms with van der Waals surface area (Å²) in [5.74, 6) is 0.235. The Morgan fingerprint density at radius 2 is 2.41 bits per heavy atom. The van der Waals surface area contributed by atoms with Gasteiger partial charge in [-0.05, 0) is 38.1 Å². The maximum absolute atomic E-state index is 12.0. The molecule has 1 aliphatic rings. The predicted molar refractivity (Wildman–Crippen MR) is 71.1 cm³/mol. The molecular weight excluding hydrogens is 232 g/mol. The van der Waals surface area contributed by atoms with Crippen LogP contribution in [0.4, 0.5) is 0 Å². The minimum atomic E-state index is 0.235. The highest BCUT2D eigenvalue weighted by atomic mass is 32.1. The monoisotopic (exact) mass is 252 g/mol. The summed E-state index contributed by atoms with van der Waals surface area (Å²) in [7, 11) is 0. The molecular formula is C13H20N2OS. The Kier molecular flexibility index (Phi) is 4.18. The first-order chi connectivity index (χ1) is 8.22. The van der Waals surface area contributed by atoms with Gasteiger partial charge in [-0.25, -0.2) is 0 Å².